The maximum Gasteiger partial charge on any atom is 0.306 e. The molecule has 0 spiro atoms. The number of nitrogens with zero attached hydrogens (tertiary/aromatic N) is 2. The van der Waals surface area contributed by atoms with Crippen molar-refractivity contribution in [2.75, 3.05) is 44.5 Å². The molecule has 4 rings (SSSR count). The first kappa shape index (κ1) is 32.9. The summed E-state index contributed by atoms with van der Waals surface area (Å²) in [5.74, 6) is -0.396. The third kappa shape index (κ3) is 8.03. The van der Waals surface area contributed by atoms with Crippen LogP contribution in [0.25, 0.3) is 0 Å². The summed E-state index contributed by atoms with van der Waals surface area (Å²) in [5, 5.41) is 3.39. The van der Waals surface area contributed by atoms with Crippen LogP contribution in [0.5, 0.6) is 5.75 Å². The topological polar surface area (TPSA) is 88.2 Å². The molecule has 1 unspecified atom stereocenters. The third-order valence-electron chi connectivity index (χ3n) is 7.07. The summed E-state index contributed by atoms with van der Waals surface area (Å²) in [6.45, 7) is 3.11. The number of halogens is 2. The number of ether oxygens (including phenoxy) is 2. The van der Waals surface area contributed by atoms with Gasteiger partial charge in [-0.15, -0.1) is 12.4 Å². The van der Waals surface area contributed by atoms with E-state index in [1.165, 1.54) is 7.11 Å². The molecule has 1 aliphatic rings. The lowest BCUT2D eigenvalue weighted by Gasteiger charge is -2.25. The Kier molecular flexibility index (Phi) is 11.8. The predicted octanol–water partition coefficient (Wildman–Crippen LogP) is 6.70. The monoisotopic (exact) mass is 613 g/mol. The Labute approximate surface area is 258 Å². The first-order valence-corrected chi connectivity index (χ1v) is 14.1. The number of carbonyl (C=O) groups excluding carboxylic acids is 3. The van der Waals surface area contributed by atoms with Crippen molar-refractivity contribution < 1.29 is 23.9 Å². The van der Waals surface area contributed by atoms with E-state index in [0.717, 1.165) is 12.1 Å². The summed E-state index contributed by atoms with van der Waals surface area (Å²) < 4.78 is 11.4. The standard InChI is InChI=1S/C32H36ClN3O5.ClH/c1-21-9-5-6-10-24(21)31(38)34-26-15-13-22(19-29(26)40-4)32(39)36-18-7-11-28(25-20-23(33)14-16-27(25)36)41-30(37)12-8-17-35(2)3;/h5-6,9-10,13-16,19-20,28H,7-8,11-12,17-18H2,1-4H3,(H,34,38);1H. The molecule has 0 aliphatic carbocycles. The molecule has 0 saturated carbocycles. The highest BCUT2D eigenvalue weighted by atomic mass is 35.5. The van der Waals surface area contributed by atoms with Crippen molar-refractivity contribution in [3.63, 3.8) is 0 Å². The van der Waals surface area contributed by atoms with Crippen molar-refractivity contribution in [2.45, 2.75) is 38.7 Å². The number of amides is 2. The molecule has 1 N–H and O–H groups in total. The van der Waals surface area contributed by atoms with E-state index < -0.39 is 6.10 Å². The van der Waals surface area contributed by atoms with E-state index in [-0.39, 0.29) is 30.2 Å². The van der Waals surface area contributed by atoms with Crippen molar-refractivity contribution in [1.29, 1.82) is 0 Å². The van der Waals surface area contributed by atoms with Gasteiger partial charge in [0.1, 0.15) is 11.9 Å². The van der Waals surface area contributed by atoms with Crippen molar-refractivity contribution in [1.82, 2.24) is 4.90 Å². The maximum absolute atomic E-state index is 13.8. The zero-order valence-electron chi connectivity index (χ0n) is 24.3. The molecule has 42 heavy (non-hydrogen) atoms. The van der Waals surface area contributed by atoms with Gasteiger partial charge >= 0.3 is 5.97 Å². The molecule has 1 aliphatic heterocycles. The molecular formula is C32H37Cl2N3O5. The molecule has 0 fully saturated rings. The van der Waals surface area contributed by atoms with Gasteiger partial charge < -0.3 is 24.6 Å². The van der Waals surface area contributed by atoms with Gasteiger partial charge in [-0.25, -0.2) is 0 Å². The van der Waals surface area contributed by atoms with Gasteiger partial charge in [-0.05, 0) is 94.9 Å². The van der Waals surface area contributed by atoms with Crippen molar-refractivity contribution >= 4 is 53.2 Å². The second-order valence-electron chi connectivity index (χ2n) is 10.4. The Bertz CT molecular complexity index is 1430. The van der Waals surface area contributed by atoms with Crippen LogP contribution in [0.4, 0.5) is 11.4 Å². The molecule has 224 valence electrons. The zero-order valence-corrected chi connectivity index (χ0v) is 25.9. The summed E-state index contributed by atoms with van der Waals surface area (Å²) in [7, 11) is 5.42. The Morgan fingerprint density at radius 1 is 1.07 bits per heavy atom. The number of benzene rings is 3. The van der Waals surface area contributed by atoms with Crippen LogP contribution in [0.2, 0.25) is 5.02 Å². The SMILES string of the molecule is COc1cc(C(=O)N2CCCC(OC(=O)CCCN(C)C)c3cc(Cl)ccc32)ccc1NC(=O)c1ccccc1C.Cl. The summed E-state index contributed by atoms with van der Waals surface area (Å²) in [6.07, 6.45) is 1.73. The van der Waals surface area contributed by atoms with E-state index >= 15 is 0 Å². The minimum Gasteiger partial charge on any atom is -0.495 e. The van der Waals surface area contributed by atoms with Gasteiger partial charge in [0.2, 0.25) is 0 Å². The number of anilines is 2. The van der Waals surface area contributed by atoms with Gasteiger partial charge in [-0.1, -0.05) is 29.8 Å². The van der Waals surface area contributed by atoms with Crippen LogP contribution in [0, 0.1) is 6.92 Å². The fraction of sp³-hybridized carbons (Fsp3) is 0.344. The van der Waals surface area contributed by atoms with Gasteiger partial charge in [0, 0.05) is 34.7 Å². The Hall–Kier alpha value is -3.59. The maximum atomic E-state index is 13.8. The van der Waals surface area contributed by atoms with Gasteiger partial charge in [-0.2, -0.15) is 0 Å². The molecule has 8 nitrogen and oxygen atoms in total. The van der Waals surface area contributed by atoms with Crippen LogP contribution >= 0.6 is 24.0 Å². The van der Waals surface area contributed by atoms with Crippen molar-refractivity contribution in [2.24, 2.45) is 0 Å². The van der Waals surface area contributed by atoms with E-state index in [2.05, 4.69) is 5.32 Å². The van der Waals surface area contributed by atoms with Crippen LogP contribution in [0.15, 0.2) is 60.7 Å². The highest BCUT2D eigenvalue weighted by Gasteiger charge is 2.30. The molecule has 1 heterocycles. The largest absolute Gasteiger partial charge is 0.495 e. The van der Waals surface area contributed by atoms with Crippen molar-refractivity contribution in [3.05, 3.63) is 87.9 Å². The quantitative estimate of drug-likeness (QED) is 0.270. The van der Waals surface area contributed by atoms with Crippen LogP contribution in [-0.2, 0) is 9.53 Å². The number of hydrogen-bond donors (Lipinski definition) is 1. The Morgan fingerprint density at radius 2 is 1.83 bits per heavy atom. The average Bonchev–Trinajstić information content (AvgIpc) is 3.11. The normalized spacial score (nSPS) is 14.3. The second kappa shape index (κ2) is 15.0. The van der Waals surface area contributed by atoms with Gasteiger partial charge in [0.05, 0.1) is 18.5 Å². The number of esters is 1. The molecule has 2 amide bonds. The summed E-state index contributed by atoms with van der Waals surface area (Å²) in [4.78, 5) is 43.1. The highest BCUT2D eigenvalue weighted by Crippen LogP contribution is 2.38. The average molecular weight is 615 g/mol. The fourth-order valence-corrected chi connectivity index (χ4v) is 5.11. The lowest BCUT2D eigenvalue weighted by atomic mass is 10.0. The van der Waals surface area contributed by atoms with Crippen LogP contribution in [0.1, 0.15) is 63.6 Å². The molecule has 0 aromatic heterocycles. The lowest BCUT2D eigenvalue weighted by molar-refractivity contribution is -0.150. The highest BCUT2D eigenvalue weighted by molar-refractivity contribution is 6.30. The number of fused-ring (bicyclic) bond motifs is 1. The van der Waals surface area contributed by atoms with E-state index in [0.29, 0.717) is 71.1 Å². The molecule has 1 atom stereocenters. The van der Waals surface area contributed by atoms with Gasteiger partial charge in [-0.3, -0.25) is 14.4 Å². The number of hydrogen-bond acceptors (Lipinski definition) is 6. The van der Waals surface area contributed by atoms with Crippen molar-refractivity contribution in [3.8, 4) is 5.75 Å². The van der Waals surface area contributed by atoms with Crippen LogP contribution in [-0.4, -0.2) is 57.0 Å². The smallest absolute Gasteiger partial charge is 0.306 e. The van der Waals surface area contributed by atoms with Crippen LogP contribution in [0.3, 0.4) is 0 Å². The number of aryl methyl sites for hydroxylation is 1. The molecule has 0 saturated heterocycles. The number of carbonyl (C=O) groups is 3. The summed E-state index contributed by atoms with van der Waals surface area (Å²) in [5.41, 5.74) is 3.63. The molecule has 0 bridgehead atoms. The van der Waals surface area contributed by atoms with E-state index in [9.17, 15) is 14.4 Å². The minimum absolute atomic E-state index is 0. The molecule has 3 aromatic carbocycles. The van der Waals surface area contributed by atoms with E-state index in [1.54, 1.807) is 47.4 Å². The predicted molar refractivity (Wildman–Crippen MR) is 168 cm³/mol. The lowest BCUT2D eigenvalue weighted by Crippen LogP contribution is -2.31. The Balaban J connectivity index is 0.00000484. The molecule has 3 aromatic rings. The first-order chi connectivity index (χ1) is 19.7. The fourth-order valence-electron chi connectivity index (χ4n) is 4.93. The molecule has 10 heteroatoms. The van der Waals surface area contributed by atoms with Gasteiger partial charge in [0.15, 0.2) is 0 Å². The number of rotatable bonds is 9. The van der Waals surface area contributed by atoms with E-state index in [4.69, 9.17) is 21.1 Å². The molecule has 0 radical (unpaired) electrons. The second-order valence-corrected chi connectivity index (χ2v) is 10.8. The zero-order chi connectivity index (χ0) is 29.5. The van der Waals surface area contributed by atoms with Gasteiger partial charge in [0.25, 0.3) is 11.8 Å². The minimum atomic E-state index is -0.498. The Morgan fingerprint density at radius 3 is 2.55 bits per heavy atom. The molecular weight excluding hydrogens is 577 g/mol. The van der Waals surface area contributed by atoms with E-state index in [1.807, 2.05) is 44.1 Å². The number of nitrogens with one attached hydrogen (secondary N) is 1. The van der Waals surface area contributed by atoms with Crippen LogP contribution < -0.4 is 15.0 Å². The summed E-state index contributed by atoms with van der Waals surface area (Å²) in [6, 6.07) is 17.6. The number of methoxy groups -OCH3 is 1. The summed E-state index contributed by atoms with van der Waals surface area (Å²) >= 11 is 6.35. The third-order valence-corrected chi connectivity index (χ3v) is 7.30. The first-order valence-electron chi connectivity index (χ1n) is 13.7.